The number of carbonyl (C=O) groups excluding carboxylic acids is 1. The molecule has 4 nitrogen and oxygen atoms in total. The Labute approximate surface area is 88.7 Å². The molecule has 0 bridgehead atoms. The number of rotatable bonds is 2. The van der Waals surface area contributed by atoms with Gasteiger partial charge in [0.1, 0.15) is 6.04 Å². The third-order valence-electron chi connectivity index (χ3n) is 2.11. The molecule has 1 atom stereocenters. The summed E-state index contributed by atoms with van der Waals surface area (Å²) in [7, 11) is 0. The van der Waals surface area contributed by atoms with Gasteiger partial charge in [-0.2, -0.15) is 5.26 Å². The first-order chi connectivity index (χ1) is 7.06. The van der Waals surface area contributed by atoms with Crippen molar-refractivity contribution in [3.8, 4) is 6.07 Å². The zero-order valence-electron chi connectivity index (χ0n) is 8.74. The van der Waals surface area contributed by atoms with Crippen LogP contribution in [0.25, 0.3) is 0 Å². The third-order valence-corrected chi connectivity index (χ3v) is 2.11. The summed E-state index contributed by atoms with van der Waals surface area (Å²) in [6, 6.07) is 6.65. The highest BCUT2D eigenvalue weighted by Crippen LogP contribution is 2.16. The molecular weight excluding hydrogens is 190 g/mol. The van der Waals surface area contributed by atoms with Gasteiger partial charge in [0.05, 0.1) is 11.6 Å². The molecule has 1 unspecified atom stereocenters. The summed E-state index contributed by atoms with van der Waals surface area (Å²) in [6.07, 6.45) is 0. The van der Waals surface area contributed by atoms with Gasteiger partial charge < -0.3 is 11.1 Å². The molecule has 1 amide bonds. The van der Waals surface area contributed by atoms with Crippen LogP contribution in [0, 0.1) is 18.3 Å². The predicted octanol–water partition coefficient (Wildman–Crippen LogP) is 1.22. The molecular formula is C11H13N3O. The van der Waals surface area contributed by atoms with Crippen LogP contribution in [0.4, 0.5) is 5.69 Å². The van der Waals surface area contributed by atoms with E-state index in [2.05, 4.69) is 5.32 Å². The van der Waals surface area contributed by atoms with E-state index < -0.39 is 6.04 Å². The van der Waals surface area contributed by atoms with Crippen molar-refractivity contribution in [2.75, 3.05) is 5.73 Å². The van der Waals surface area contributed by atoms with Gasteiger partial charge in [0.15, 0.2) is 0 Å². The number of anilines is 1. The van der Waals surface area contributed by atoms with Crippen LogP contribution in [0.5, 0.6) is 0 Å². The van der Waals surface area contributed by atoms with Gasteiger partial charge in [-0.05, 0) is 25.5 Å². The topological polar surface area (TPSA) is 78.9 Å². The number of nitrogens with one attached hydrogen (secondary N) is 1. The number of carbonyl (C=O) groups is 1. The Morgan fingerprint density at radius 3 is 2.87 bits per heavy atom. The number of amides is 1. The van der Waals surface area contributed by atoms with E-state index >= 15 is 0 Å². The molecule has 0 radical (unpaired) electrons. The van der Waals surface area contributed by atoms with Crippen molar-refractivity contribution in [2.45, 2.75) is 19.9 Å². The Hall–Kier alpha value is -2.02. The van der Waals surface area contributed by atoms with Gasteiger partial charge in [-0.15, -0.1) is 0 Å². The van der Waals surface area contributed by atoms with Crippen molar-refractivity contribution in [3.05, 3.63) is 29.3 Å². The highest BCUT2D eigenvalue weighted by Gasteiger charge is 2.12. The summed E-state index contributed by atoms with van der Waals surface area (Å²) in [5, 5.41) is 11.1. The van der Waals surface area contributed by atoms with Gasteiger partial charge >= 0.3 is 0 Å². The Morgan fingerprint density at radius 2 is 2.27 bits per heavy atom. The van der Waals surface area contributed by atoms with E-state index in [4.69, 9.17) is 11.0 Å². The minimum Gasteiger partial charge on any atom is -0.398 e. The van der Waals surface area contributed by atoms with Gasteiger partial charge in [-0.1, -0.05) is 12.1 Å². The van der Waals surface area contributed by atoms with Gasteiger partial charge in [0.2, 0.25) is 0 Å². The predicted molar refractivity (Wildman–Crippen MR) is 58.1 cm³/mol. The van der Waals surface area contributed by atoms with E-state index in [-0.39, 0.29) is 5.91 Å². The summed E-state index contributed by atoms with van der Waals surface area (Å²) in [5.41, 5.74) is 7.48. The number of nitriles is 1. The fourth-order valence-corrected chi connectivity index (χ4v) is 1.19. The van der Waals surface area contributed by atoms with Gasteiger partial charge in [-0.3, -0.25) is 4.79 Å². The molecule has 1 aromatic carbocycles. The molecule has 1 aromatic rings. The molecule has 0 aliphatic heterocycles. The number of aryl methyl sites for hydroxylation is 1. The molecule has 0 saturated heterocycles. The number of para-hydroxylation sites is 1. The van der Waals surface area contributed by atoms with Crippen LogP contribution in [0.15, 0.2) is 18.2 Å². The highest BCUT2D eigenvalue weighted by molar-refractivity contribution is 5.99. The van der Waals surface area contributed by atoms with Crippen LogP contribution in [0.1, 0.15) is 22.8 Å². The Kier molecular flexibility index (Phi) is 3.29. The minimum absolute atomic E-state index is 0.315. The molecule has 1 rings (SSSR count). The smallest absolute Gasteiger partial charge is 0.254 e. The van der Waals surface area contributed by atoms with Crippen molar-refractivity contribution in [1.29, 1.82) is 5.26 Å². The molecule has 0 heterocycles. The van der Waals surface area contributed by atoms with E-state index in [1.165, 1.54) is 0 Å². The third kappa shape index (κ3) is 2.47. The lowest BCUT2D eigenvalue weighted by molar-refractivity contribution is 0.0948. The second-order valence-electron chi connectivity index (χ2n) is 3.36. The van der Waals surface area contributed by atoms with Crippen molar-refractivity contribution in [1.82, 2.24) is 5.32 Å². The summed E-state index contributed by atoms with van der Waals surface area (Å²) in [6.45, 7) is 3.45. The number of nitrogens with zero attached hydrogens (tertiary/aromatic N) is 1. The summed E-state index contributed by atoms with van der Waals surface area (Å²) >= 11 is 0. The van der Waals surface area contributed by atoms with Crippen molar-refractivity contribution in [2.24, 2.45) is 0 Å². The van der Waals surface area contributed by atoms with Crippen molar-refractivity contribution >= 4 is 11.6 Å². The van der Waals surface area contributed by atoms with Crippen LogP contribution in [0.3, 0.4) is 0 Å². The lowest BCUT2D eigenvalue weighted by atomic mass is 10.1. The van der Waals surface area contributed by atoms with Crippen LogP contribution >= 0.6 is 0 Å². The van der Waals surface area contributed by atoms with Crippen LogP contribution in [0.2, 0.25) is 0 Å². The second-order valence-corrected chi connectivity index (χ2v) is 3.36. The number of hydrogen-bond donors (Lipinski definition) is 2. The first-order valence-corrected chi connectivity index (χ1v) is 4.62. The summed E-state index contributed by atoms with van der Waals surface area (Å²) in [4.78, 5) is 11.6. The van der Waals surface area contributed by atoms with E-state index in [0.717, 1.165) is 5.56 Å². The number of hydrogen-bond acceptors (Lipinski definition) is 3. The maximum Gasteiger partial charge on any atom is 0.254 e. The first-order valence-electron chi connectivity index (χ1n) is 4.62. The molecule has 0 aromatic heterocycles. The van der Waals surface area contributed by atoms with E-state index in [1.807, 2.05) is 19.1 Å². The Balaban J connectivity index is 2.93. The zero-order valence-corrected chi connectivity index (χ0v) is 8.74. The molecule has 0 aliphatic rings. The zero-order chi connectivity index (χ0) is 11.4. The molecule has 78 valence electrons. The summed E-state index contributed by atoms with van der Waals surface area (Å²) in [5.74, 6) is -0.315. The lowest BCUT2D eigenvalue weighted by Gasteiger charge is -2.09. The van der Waals surface area contributed by atoms with E-state index in [1.54, 1.807) is 19.1 Å². The maximum atomic E-state index is 11.6. The number of nitrogen functional groups attached to an aromatic ring is 1. The van der Waals surface area contributed by atoms with Gasteiger partial charge in [0.25, 0.3) is 5.91 Å². The highest BCUT2D eigenvalue weighted by atomic mass is 16.1. The van der Waals surface area contributed by atoms with Crippen LogP contribution in [-0.2, 0) is 0 Å². The quantitative estimate of drug-likeness (QED) is 0.709. The standard InChI is InChI=1S/C11H13N3O/c1-7-4-3-5-9(10(7)13)11(15)14-8(2)6-12/h3-5,8H,13H2,1-2H3,(H,14,15). The molecule has 15 heavy (non-hydrogen) atoms. The first kappa shape index (κ1) is 11.1. The second kappa shape index (κ2) is 4.47. The Bertz CT molecular complexity index is 420. The number of nitrogens with two attached hydrogens (primary N) is 1. The van der Waals surface area contributed by atoms with Crippen LogP contribution in [-0.4, -0.2) is 11.9 Å². The molecule has 0 aliphatic carbocycles. The van der Waals surface area contributed by atoms with Crippen molar-refractivity contribution < 1.29 is 4.79 Å². The molecule has 0 spiro atoms. The fourth-order valence-electron chi connectivity index (χ4n) is 1.19. The monoisotopic (exact) mass is 203 g/mol. The SMILES string of the molecule is Cc1cccc(C(=O)NC(C)C#N)c1N. The maximum absolute atomic E-state index is 11.6. The van der Waals surface area contributed by atoms with Crippen LogP contribution < -0.4 is 11.1 Å². The molecule has 4 heteroatoms. The van der Waals surface area contributed by atoms with Crippen molar-refractivity contribution in [3.63, 3.8) is 0 Å². The van der Waals surface area contributed by atoms with Gasteiger partial charge in [0, 0.05) is 5.69 Å². The Morgan fingerprint density at radius 1 is 1.60 bits per heavy atom. The molecule has 3 N–H and O–H groups in total. The molecule has 0 saturated carbocycles. The summed E-state index contributed by atoms with van der Waals surface area (Å²) < 4.78 is 0. The molecule has 0 fully saturated rings. The normalized spacial score (nSPS) is 11.5. The van der Waals surface area contributed by atoms with Gasteiger partial charge in [-0.25, -0.2) is 0 Å². The van der Waals surface area contributed by atoms with E-state index in [9.17, 15) is 4.79 Å². The fraction of sp³-hybridized carbons (Fsp3) is 0.273. The average Bonchev–Trinajstić information content (AvgIpc) is 2.21. The van der Waals surface area contributed by atoms with E-state index in [0.29, 0.717) is 11.3 Å². The lowest BCUT2D eigenvalue weighted by Crippen LogP contribution is -2.31. The average molecular weight is 203 g/mol. The number of benzene rings is 1. The largest absolute Gasteiger partial charge is 0.398 e. The minimum atomic E-state index is -0.516.